The largest absolute Gasteiger partial charge is 0.362 e. The molecule has 0 atom stereocenters. The van der Waals surface area contributed by atoms with Gasteiger partial charge in [0.2, 0.25) is 0 Å². The molecular weight excluding hydrogens is 288 g/mol. The number of halogens is 1. The Kier molecular flexibility index (Phi) is 6.77. The smallest absolute Gasteiger partial charge is 0.170 e. The molecule has 20 heavy (non-hydrogen) atoms. The molecule has 1 aromatic rings. The molecule has 0 bridgehead atoms. The fraction of sp³-hybridized carbons (Fsp3) is 0.562. The lowest BCUT2D eigenvalue weighted by molar-refractivity contribution is 0.627. The number of aryl methyl sites for hydroxylation is 2. The summed E-state index contributed by atoms with van der Waals surface area (Å²) in [6.45, 7) is 11.5. The standard InChI is InChI=1S/C16H25ClN2S/c1-6-12-8-11(5)14(17)13(7-2)15(12)19-16(20)18-9-10(3)4/h8,10H,6-7,9H2,1-5H3,(H2,18,19,20). The Morgan fingerprint density at radius 1 is 1.30 bits per heavy atom. The van der Waals surface area contributed by atoms with Crippen molar-refractivity contribution in [3.05, 3.63) is 27.8 Å². The molecule has 0 aliphatic heterocycles. The van der Waals surface area contributed by atoms with Gasteiger partial charge in [-0.3, -0.25) is 0 Å². The van der Waals surface area contributed by atoms with Crippen molar-refractivity contribution in [2.75, 3.05) is 11.9 Å². The van der Waals surface area contributed by atoms with Gasteiger partial charge in [-0.25, -0.2) is 0 Å². The molecule has 1 rings (SSSR count). The van der Waals surface area contributed by atoms with Gasteiger partial charge in [0, 0.05) is 17.3 Å². The van der Waals surface area contributed by atoms with E-state index in [-0.39, 0.29) is 0 Å². The van der Waals surface area contributed by atoms with Crippen LogP contribution in [0.4, 0.5) is 5.69 Å². The highest BCUT2D eigenvalue weighted by atomic mass is 35.5. The van der Waals surface area contributed by atoms with E-state index in [2.05, 4.69) is 51.3 Å². The molecule has 0 heterocycles. The van der Waals surface area contributed by atoms with Crippen molar-refractivity contribution in [3.63, 3.8) is 0 Å². The number of thiocarbonyl (C=S) groups is 1. The summed E-state index contributed by atoms with van der Waals surface area (Å²) in [6, 6.07) is 2.15. The third kappa shape index (κ3) is 4.35. The summed E-state index contributed by atoms with van der Waals surface area (Å²) in [7, 11) is 0. The minimum absolute atomic E-state index is 0.563. The summed E-state index contributed by atoms with van der Waals surface area (Å²) in [4.78, 5) is 0. The van der Waals surface area contributed by atoms with Crippen molar-refractivity contribution in [1.29, 1.82) is 0 Å². The van der Waals surface area contributed by atoms with Crippen LogP contribution in [-0.2, 0) is 12.8 Å². The van der Waals surface area contributed by atoms with E-state index in [9.17, 15) is 0 Å². The van der Waals surface area contributed by atoms with E-state index in [1.165, 1.54) is 5.56 Å². The Labute approximate surface area is 133 Å². The highest BCUT2D eigenvalue weighted by Gasteiger charge is 2.14. The molecule has 0 aliphatic carbocycles. The molecule has 2 N–H and O–H groups in total. The molecule has 1 aromatic carbocycles. The van der Waals surface area contributed by atoms with E-state index < -0.39 is 0 Å². The molecule has 0 aliphatic rings. The number of anilines is 1. The summed E-state index contributed by atoms with van der Waals surface area (Å²) in [5.41, 5.74) is 4.62. The average Bonchev–Trinajstić information content (AvgIpc) is 2.40. The highest BCUT2D eigenvalue weighted by Crippen LogP contribution is 2.32. The maximum absolute atomic E-state index is 6.43. The Bertz CT molecular complexity index is 484. The Balaban J connectivity index is 3.03. The van der Waals surface area contributed by atoms with E-state index in [4.69, 9.17) is 23.8 Å². The maximum atomic E-state index is 6.43. The Morgan fingerprint density at radius 2 is 1.95 bits per heavy atom. The number of benzene rings is 1. The summed E-state index contributed by atoms with van der Waals surface area (Å²) in [5.74, 6) is 0.563. The lowest BCUT2D eigenvalue weighted by atomic mass is 9.99. The third-order valence-electron chi connectivity index (χ3n) is 3.27. The third-order valence-corrected chi connectivity index (χ3v) is 4.04. The molecule has 0 unspecified atom stereocenters. The zero-order valence-electron chi connectivity index (χ0n) is 13.1. The van der Waals surface area contributed by atoms with Crippen LogP contribution in [0.2, 0.25) is 5.02 Å². The predicted molar refractivity (Wildman–Crippen MR) is 94.0 cm³/mol. The number of nitrogens with one attached hydrogen (secondary N) is 2. The molecule has 4 heteroatoms. The fourth-order valence-corrected chi connectivity index (χ4v) is 2.63. The predicted octanol–water partition coefficient (Wildman–Crippen LogP) is 4.72. The lowest BCUT2D eigenvalue weighted by Gasteiger charge is -2.20. The first-order valence-corrected chi connectivity index (χ1v) is 8.04. The van der Waals surface area contributed by atoms with Gasteiger partial charge in [-0.1, -0.05) is 45.4 Å². The fourth-order valence-electron chi connectivity index (χ4n) is 2.16. The van der Waals surface area contributed by atoms with Crippen LogP contribution in [0.25, 0.3) is 0 Å². The second-order valence-corrected chi connectivity index (χ2v) is 6.24. The topological polar surface area (TPSA) is 24.1 Å². The van der Waals surface area contributed by atoms with Crippen molar-refractivity contribution in [2.24, 2.45) is 5.92 Å². The first-order chi connectivity index (χ1) is 9.40. The van der Waals surface area contributed by atoms with Crippen LogP contribution < -0.4 is 10.6 Å². The quantitative estimate of drug-likeness (QED) is 0.770. The van der Waals surface area contributed by atoms with Crippen LogP contribution in [0.5, 0.6) is 0 Å². The second kappa shape index (κ2) is 7.84. The van der Waals surface area contributed by atoms with E-state index in [1.54, 1.807) is 0 Å². The molecule has 0 spiro atoms. The van der Waals surface area contributed by atoms with Gasteiger partial charge in [-0.05, 0) is 54.6 Å². The molecule has 0 amide bonds. The minimum Gasteiger partial charge on any atom is -0.362 e. The van der Waals surface area contributed by atoms with Gasteiger partial charge < -0.3 is 10.6 Å². The van der Waals surface area contributed by atoms with Crippen molar-refractivity contribution >= 4 is 34.6 Å². The molecule has 0 saturated heterocycles. The Hall–Kier alpha value is -0.800. The number of hydrogen-bond donors (Lipinski definition) is 2. The van der Waals surface area contributed by atoms with Crippen molar-refractivity contribution in [1.82, 2.24) is 5.32 Å². The summed E-state index contributed by atoms with van der Waals surface area (Å²) in [6.07, 6.45) is 1.85. The maximum Gasteiger partial charge on any atom is 0.170 e. The summed E-state index contributed by atoms with van der Waals surface area (Å²) < 4.78 is 0. The zero-order chi connectivity index (χ0) is 15.3. The zero-order valence-corrected chi connectivity index (χ0v) is 14.6. The van der Waals surface area contributed by atoms with Gasteiger partial charge in [0.25, 0.3) is 0 Å². The van der Waals surface area contributed by atoms with Gasteiger partial charge in [-0.2, -0.15) is 0 Å². The SMILES string of the molecule is CCc1cc(C)c(Cl)c(CC)c1NC(=S)NCC(C)C. The summed E-state index contributed by atoms with van der Waals surface area (Å²) >= 11 is 11.8. The molecule has 0 saturated carbocycles. The van der Waals surface area contributed by atoms with E-state index in [0.29, 0.717) is 11.0 Å². The molecular formula is C16H25ClN2S. The minimum atomic E-state index is 0.563. The van der Waals surface area contributed by atoms with Crippen LogP contribution >= 0.6 is 23.8 Å². The van der Waals surface area contributed by atoms with E-state index >= 15 is 0 Å². The summed E-state index contributed by atoms with van der Waals surface area (Å²) in [5, 5.41) is 8.10. The molecule has 2 nitrogen and oxygen atoms in total. The van der Waals surface area contributed by atoms with E-state index in [0.717, 1.165) is 41.2 Å². The molecule has 0 aromatic heterocycles. The number of rotatable bonds is 5. The van der Waals surface area contributed by atoms with Crippen LogP contribution in [0.1, 0.15) is 44.4 Å². The number of hydrogen-bond acceptors (Lipinski definition) is 1. The van der Waals surface area contributed by atoms with E-state index in [1.807, 2.05) is 0 Å². The first kappa shape index (κ1) is 17.3. The normalized spacial score (nSPS) is 10.8. The van der Waals surface area contributed by atoms with Crippen LogP contribution in [0.3, 0.4) is 0 Å². The van der Waals surface area contributed by atoms with Crippen molar-refractivity contribution < 1.29 is 0 Å². The molecule has 112 valence electrons. The Morgan fingerprint density at radius 3 is 2.45 bits per heavy atom. The van der Waals surface area contributed by atoms with Gasteiger partial charge in [0.05, 0.1) is 0 Å². The highest BCUT2D eigenvalue weighted by molar-refractivity contribution is 7.80. The van der Waals surface area contributed by atoms with Gasteiger partial charge in [0.1, 0.15) is 0 Å². The van der Waals surface area contributed by atoms with Gasteiger partial charge in [-0.15, -0.1) is 0 Å². The van der Waals surface area contributed by atoms with Crippen LogP contribution in [-0.4, -0.2) is 11.7 Å². The lowest BCUT2D eigenvalue weighted by Crippen LogP contribution is -2.32. The van der Waals surface area contributed by atoms with Gasteiger partial charge >= 0.3 is 0 Å². The molecule has 0 fully saturated rings. The first-order valence-electron chi connectivity index (χ1n) is 7.26. The van der Waals surface area contributed by atoms with Crippen molar-refractivity contribution in [2.45, 2.75) is 47.5 Å². The average molecular weight is 313 g/mol. The van der Waals surface area contributed by atoms with Gasteiger partial charge in [0.15, 0.2) is 5.11 Å². The monoisotopic (exact) mass is 312 g/mol. The second-order valence-electron chi connectivity index (χ2n) is 5.46. The van der Waals surface area contributed by atoms with Crippen LogP contribution in [0.15, 0.2) is 6.07 Å². The van der Waals surface area contributed by atoms with Crippen molar-refractivity contribution in [3.8, 4) is 0 Å². The molecule has 0 radical (unpaired) electrons. The van der Waals surface area contributed by atoms with Crippen LogP contribution in [0, 0.1) is 12.8 Å².